The van der Waals surface area contributed by atoms with E-state index in [2.05, 4.69) is 22.4 Å². The van der Waals surface area contributed by atoms with Crippen molar-refractivity contribution in [2.75, 3.05) is 18.5 Å². The third kappa shape index (κ3) is 7.74. The summed E-state index contributed by atoms with van der Waals surface area (Å²) in [6.07, 6.45) is 4.44. The molecule has 0 unspecified atom stereocenters. The van der Waals surface area contributed by atoms with Crippen LogP contribution < -0.4 is 14.8 Å². The molecule has 1 amide bonds. The maximum atomic E-state index is 12.4. The molecule has 170 valence electrons. The number of aryl methyl sites for hydroxylation is 2. The first-order chi connectivity index (χ1) is 16.1. The van der Waals surface area contributed by atoms with Crippen LogP contribution in [0.2, 0.25) is 0 Å². The Morgan fingerprint density at radius 3 is 2.58 bits per heavy atom. The van der Waals surface area contributed by atoms with Crippen LogP contribution in [0.15, 0.2) is 54.1 Å². The van der Waals surface area contributed by atoms with Crippen LogP contribution in [0.4, 0.5) is 5.13 Å². The molecule has 1 N–H and O–H groups in total. The summed E-state index contributed by atoms with van der Waals surface area (Å²) < 4.78 is 11.4. The second-order valence-corrected chi connectivity index (χ2v) is 8.37. The van der Waals surface area contributed by atoms with Crippen molar-refractivity contribution in [3.05, 3.63) is 70.2 Å². The van der Waals surface area contributed by atoms with Gasteiger partial charge in [0.1, 0.15) is 41.4 Å². The molecular weight excluding hydrogens is 436 g/mol. The molecule has 2 aromatic carbocycles. The summed E-state index contributed by atoms with van der Waals surface area (Å²) in [5.41, 5.74) is 1.84. The van der Waals surface area contributed by atoms with Crippen LogP contribution in [0.1, 0.15) is 35.9 Å². The van der Waals surface area contributed by atoms with Crippen LogP contribution >= 0.6 is 11.3 Å². The lowest BCUT2D eigenvalue weighted by molar-refractivity contribution is -0.112. The van der Waals surface area contributed by atoms with Gasteiger partial charge < -0.3 is 9.47 Å². The molecule has 3 aromatic rings. The maximum Gasteiger partial charge on any atom is 0.268 e. The summed E-state index contributed by atoms with van der Waals surface area (Å²) >= 11 is 1.33. The largest absolute Gasteiger partial charge is 0.490 e. The van der Waals surface area contributed by atoms with E-state index < -0.39 is 5.91 Å². The Bertz CT molecular complexity index is 1130. The molecule has 0 saturated carbocycles. The van der Waals surface area contributed by atoms with Gasteiger partial charge in [-0.15, -0.1) is 10.2 Å². The van der Waals surface area contributed by atoms with E-state index in [0.717, 1.165) is 35.6 Å². The minimum atomic E-state index is -0.510. The van der Waals surface area contributed by atoms with Crippen LogP contribution in [-0.4, -0.2) is 29.3 Å². The second-order valence-electron chi connectivity index (χ2n) is 7.31. The Morgan fingerprint density at radius 1 is 1.12 bits per heavy atom. The van der Waals surface area contributed by atoms with Crippen molar-refractivity contribution < 1.29 is 14.3 Å². The summed E-state index contributed by atoms with van der Waals surface area (Å²) in [5.74, 6) is 0.979. The minimum absolute atomic E-state index is 0.0134. The average Bonchev–Trinajstić information content (AvgIpc) is 3.27. The van der Waals surface area contributed by atoms with E-state index in [1.807, 2.05) is 37.3 Å². The number of hydrogen-bond donors (Lipinski definition) is 1. The Labute approximate surface area is 197 Å². The Morgan fingerprint density at radius 2 is 1.88 bits per heavy atom. The van der Waals surface area contributed by atoms with Crippen molar-refractivity contribution in [1.82, 2.24) is 10.2 Å². The number of hydrogen-bond acceptors (Lipinski definition) is 7. The molecule has 0 radical (unpaired) electrons. The topological polar surface area (TPSA) is 97.1 Å². The first kappa shape index (κ1) is 24.0. The number of nitrogens with zero attached hydrogens (tertiary/aromatic N) is 3. The van der Waals surface area contributed by atoms with Crippen molar-refractivity contribution in [3.63, 3.8) is 0 Å². The quantitative estimate of drug-likeness (QED) is 0.239. The minimum Gasteiger partial charge on any atom is -0.490 e. The molecule has 0 aliphatic rings. The highest BCUT2D eigenvalue weighted by molar-refractivity contribution is 7.15. The van der Waals surface area contributed by atoms with Gasteiger partial charge in [0.15, 0.2) is 0 Å². The van der Waals surface area contributed by atoms with E-state index in [-0.39, 0.29) is 5.57 Å². The molecular formula is C25H26N4O3S. The van der Waals surface area contributed by atoms with Gasteiger partial charge in [-0.1, -0.05) is 48.9 Å². The molecule has 0 aliphatic heterocycles. The van der Waals surface area contributed by atoms with Crippen molar-refractivity contribution in [2.24, 2.45) is 0 Å². The van der Waals surface area contributed by atoms with Crippen LogP contribution in [0, 0.1) is 18.3 Å². The number of nitrogens with one attached hydrogen (secondary N) is 1. The highest BCUT2D eigenvalue weighted by Crippen LogP contribution is 2.19. The van der Waals surface area contributed by atoms with Crippen molar-refractivity contribution in [3.8, 4) is 17.6 Å². The van der Waals surface area contributed by atoms with Crippen molar-refractivity contribution >= 4 is 28.5 Å². The van der Waals surface area contributed by atoms with Gasteiger partial charge in [-0.3, -0.25) is 10.1 Å². The second kappa shape index (κ2) is 12.4. The number of benzene rings is 2. The molecule has 1 heterocycles. The third-order valence-electron chi connectivity index (χ3n) is 4.60. The fourth-order valence-electron chi connectivity index (χ4n) is 2.90. The number of nitriles is 1. The molecule has 7 nitrogen and oxygen atoms in total. The van der Waals surface area contributed by atoms with Gasteiger partial charge >= 0.3 is 0 Å². The molecule has 0 atom stereocenters. The molecule has 0 fully saturated rings. The highest BCUT2D eigenvalue weighted by Gasteiger charge is 2.13. The molecule has 33 heavy (non-hydrogen) atoms. The summed E-state index contributed by atoms with van der Waals surface area (Å²) in [7, 11) is 0. The van der Waals surface area contributed by atoms with Crippen LogP contribution in [0.3, 0.4) is 0 Å². The molecule has 0 saturated heterocycles. The molecule has 0 bridgehead atoms. The number of anilines is 1. The number of amides is 1. The van der Waals surface area contributed by atoms with Crippen molar-refractivity contribution in [1.29, 1.82) is 5.26 Å². The van der Waals surface area contributed by atoms with E-state index in [1.54, 1.807) is 24.3 Å². The SMILES string of the molecule is CCCCc1nnc(NC(=O)C(C#N)=Cc2ccc(OCCOc3cccc(C)c3)cc2)s1. The van der Waals surface area contributed by atoms with E-state index in [0.29, 0.717) is 29.7 Å². The van der Waals surface area contributed by atoms with Gasteiger partial charge in [0.2, 0.25) is 5.13 Å². The predicted molar refractivity (Wildman–Crippen MR) is 129 cm³/mol. The van der Waals surface area contributed by atoms with Crippen LogP contribution in [0.25, 0.3) is 6.08 Å². The number of ether oxygens (including phenoxy) is 2. The standard InChI is InChI=1S/C25H26N4O3S/c1-3-4-8-23-28-29-25(33-23)27-24(30)20(17-26)16-19-9-11-21(12-10-19)31-13-14-32-22-7-5-6-18(2)15-22/h5-7,9-12,15-16H,3-4,8,13-14H2,1-2H3,(H,27,29,30). The molecule has 0 spiro atoms. The Balaban J connectivity index is 1.50. The van der Waals surface area contributed by atoms with Gasteiger partial charge in [-0.05, 0) is 54.8 Å². The summed E-state index contributed by atoms with van der Waals surface area (Å²) in [6, 6.07) is 16.9. The van der Waals surface area contributed by atoms with Crippen LogP contribution in [-0.2, 0) is 11.2 Å². The lowest BCUT2D eigenvalue weighted by Crippen LogP contribution is -2.13. The average molecular weight is 463 g/mol. The van der Waals surface area contributed by atoms with Gasteiger partial charge in [-0.25, -0.2) is 0 Å². The van der Waals surface area contributed by atoms with Gasteiger partial charge in [0.05, 0.1) is 0 Å². The molecule has 8 heteroatoms. The first-order valence-corrected chi connectivity index (χ1v) is 11.6. The van der Waals surface area contributed by atoms with Gasteiger partial charge in [-0.2, -0.15) is 5.26 Å². The first-order valence-electron chi connectivity index (χ1n) is 10.7. The number of aromatic nitrogens is 2. The van der Waals surface area contributed by atoms with E-state index in [9.17, 15) is 10.1 Å². The summed E-state index contributed by atoms with van der Waals surface area (Å²) in [4.78, 5) is 12.4. The third-order valence-corrected chi connectivity index (χ3v) is 5.50. The highest BCUT2D eigenvalue weighted by atomic mass is 32.1. The fraction of sp³-hybridized carbons (Fsp3) is 0.280. The zero-order chi connectivity index (χ0) is 23.5. The van der Waals surface area contributed by atoms with E-state index in [4.69, 9.17) is 9.47 Å². The van der Waals surface area contributed by atoms with Crippen molar-refractivity contribution in [2.45, 2.75) is 33.1 Å². The monoisotopic (exact) mass is 462 g/mol. The number of unbranched alkanes of at least 4 members (excludes halogenated alkanes) is 1. The molecule has 1 aromatic heterocycles. The molecule has 0 aliphatic carbocycles. The Kier molecular flexibility index (Phi) is 8.98. The fourth-order valence-corrected chi connectivity index (χ4v) is 3.67. The number of carbonyl (C=O) groups excluding carboxylic acids is 1. The van der Waals surface area contributed by atoms with Gasteiger partial charge in [0.25, 0.3) is 5.91 Å². The lowest BCUT2D eigenvalue weighted by atomic mass is 10.1. The Hall–Kier alpha value is -3.70. The maximum absolute atomic E-state index is 12.4. The van der Waals surface area contributed by atoms with Crippen LogP contribution in [0.5, 0.6) is 11.5 Å². The molecule has 3 rings (SSSR count). The zero-order valence-electron chi connectivity index (χ0n) is 18.7. The van der Waals surface area contributed by atoms with Gasteiger partial charge in [0, 0.05) is 6.42 Å². The van der Waals surface area contributed by atoms with E-state index >= 15 is 0 Å². The van der Waals surface area contributed by atoms with E-state index in [1.165, 1.54) is 17.4 Å². The number of rotatable bonds is 11. The number of carbonyl (C=O) groups is 1. The predicted octanol–water partition coefficient (Wildman–Crippen LogP) is 5.19. The smallest absolute Gasteiger partial charge is 0.268 e. The normalized spacial score (nSPS) is 11.0. The zero-order valence-corrected chi connectivity index (χ0v) is 19.5. The summed E-state index contributed by atoms with van der Waals surface area (Å²) in [5, 5.41) is 21.4. The summed E-state index contributed by atoms with van der Waals surface area (Å²) in [6.45, 7) is 4.95. The lowest BCUT2D eigenvalue weighted by Gasteiger charge is -2.09.